The number of rotatable bonds is 5. The van der Waals surface area contributed by atoms with Crippen LogP contribution in [0.4, 0.5) is 11.4 Å². The van der Waals surface area contributed by atoms with Crippen LogP contribution in [0.5, 0.6) is 0 Å². The molecule has 1 unspecified atom stereocenters. The molecule has 2 aromatic carbocycles. The Morgan fingerprint density at radius 1 is 1.26 bits per heavy atom. The van der Waals surface area contributed by atoms with Crippen molar-refractivity contribution in [2.75, 3.05) is 5.32 Å². The van der Waals surface area contributed by atoms with Gasteiger partial charge in [0.25, 0.3) is 5.69 Å². The second-order valence-electron chi connectivity index (χ2n) is 4.87. The molecule has 23 heavy (non-hydrogen) atoms. The van der Waals surface area contributed by atoms with Gasteiger partial charge in [0.15, 0.2) is 0 Å². The summed E-state index contributed by atoms with van der Waals surface area (Å²) in [6.07, 6.45) is 0. The Morgan fingerprint density at radius 3 is 2.48 bits per heavy atom. The Bertz CT molecular complexity index is 855. The lowest BCUT2D eigenvalue weighted by Gasteiger charge is -2.17. The van der Waals surface area contributed by atoms with Gasteiger partial charge in [-0.2, -0.15) is 0 Å². The minimum absolute atomic E-state index is 0.214. The molecule has 2 aromatic rings. The zero-order valence-corrected chi connectivity index (χ0v) is 14.5. The topological polar surface area (TPSA) is 115 Å². The van der Waals surface area contributed by atoms with E-state index in [1.807, 2.05) is 31.2 Å². The highest BCUT2D eigenvalue weighted by Gasteiger charge is 2.20. The fourth-order valence-corrected chi connectivity index (χ4v) is 3.26. The minimum atomic E-state index is -4.00. The maximum absolute atomic E-state index is 11.3. The van der Waals surface area contributed by atoms with Crippen molar-refractivity contribution in [3.63, 3.8) is 0 Å². The van der Waals surface area contributed by atoms with Crippen LogP contribution in [-0.2, 0) is 10.0 Å². The summed E-state index contributed by atoms with van der Waals surface area (Å²) in [6.45, 7) is 1.84. The quantitative estimate of drug-likeness (QED) is 0.591. The predicted octanol–water partition coefficient (Wildman–Crippen LogP) is 3.18. The molecule has 0 aliphatic rings. The Morgan fingerprint density at radius 2 is 1.91 bits per heavy atom. The molecule has 9 heteroatoms. The summed E-state index contributed by atoms with van der Waals surface area (Å²) >= 11 is 3.43. The van der Waals surface area contributed by atoms with Crippen molar-refractivity contribution in [3.05, 3.63) is 62.6 Å². The zero-order valence-electron chi connectivity index (χ0n) is 12.1. The first-order valence-electron chi connectivity index (χ1n) is 6.52. The van der Waals surface area contributed by atoms with E-state index in [0.29, 0.717) is 0 Å². The van der Waals surface area contributed by atoms with Gasteiger partial charge >= 0.3 is 0 Å². The average molecular weight is 400 g/mol. The number of halogens is 1. The maximum Gasteiger partial charge on any atom is 0.293 e. The number of anilines is 1. The molecule has 2 rings (SSSR count). The number of nitrogens with zero attached hydrogens (tertiary/aromatic N) is 1. The SMILES string of the molecule is CC(Nc1ccc(S(N)(=O)=O)cc1[N+](=O)[O-])c1ccccc1Br. The first-order valence-corrected chi connectivity index (χ1v) is 8.86. The summed E-state index contributed by atoms with van der Waals surface area (Å²) in [5.41, 5.74) is 0.776. The molecule has 0 aromatic heterocycles. The van der Waals surface area contributed by atoms with Gasteiger partial charge in [-0.3, -0.25) is 10.1 Å². The number of hydrogen-bond acceptors (Lipinski definition) is 5. The number of nitro benzene ring substituents is 1. The van der Waals surface area contributed by atoms with Crippen LogP contribution in [-0.4, -0.2) is 13.3 Å². The molecule has 3 N–H and O–H groups in total. The van der Waals surface area contributed by atoms with Gasteiger partial charge in [0, 0.05) is 16.6 Å². The standard InChI is InChI=1S/C14H14BrN3O4S/c1-9(11-4-2-3-5-12(11)15)17-13-7-6-10(23(16,21)22)8-14(13)18(19)20/h2-9,17H,1H3,(H2,16,21,22). The highest BCUT2D eigenvalue weighted by molar-refractivity contribution is 9.10. The molecule has 0 bridgehead atoms. The van der Waals surface area contributed by atoms with E-state index in [9.17, 15) is 18.5 Å². The van der Waals surface area contributed by atoms with Crippen molar-refractivity contribution in [1.29, 1.82) is 0 Å². The molecular formula is C14H14BrN3O4S. The number of hydrogen-bond donors (Lipinski definition) is 2. The summed E-state index contributed by atoms with van der Waals surface area (Å²) in [4.78, 5) is 10.3. The van der Waals surface area contributed by atoms with E-state index in [0.717, 1.165) is 16.1 Å². The maximum atomic E-state index is 11.3. The molecule has 7 nitrogen and oxygen atoms in total. The summed E-state index contributed by atoms with van der Waals surface area (Å²) in [5.74, 6) is 0. The van der Waals surface area contributed by atoms with Crippen molar-refractivity contribution in [3.8, 4) is 0 Å². The van der Waals surface area contributed by atoms with Gasteiger partial charge in [0.05, 0.1) is 9.82 Å². The monoisotopic (exact) mass is 399 g/mol. The van der Waals surface area contributed by atoms with Crippen LogP contribution < -0.4 is 10.5 Å². The number of primary sulfonamides is 1. The first kappa shape index (κ1) is 17.4. The summed E-state index contributed by atoms with van der Waals surface area (Å²) in [5, 5.41) is 19.2. The molecule has 0 saturated carbocycles. The van der Waals surface area contributed by atoms with Crippen molar-refractivity contribution in [1.82, 2.24) is 0 Å². The highest BCUT2D eigenvalue weighted by Crippen LogP contribution is 2.32. The van der Waals surface area contributed by atoms with Crippen LogP contribution in [0.1, 0.15) is 18.5 Å². The lowest BCUT2D eigenvalue weighted by molar-refractivity contribution is -0.384. The third kappa shape index (κ3) is 4.06. The number of nitro groups is 1. The second-order valence-corrected chi connectivity index (χ2v) is 7.28. The van der Waals surface area contributed by atoms with Gasteiger partial charge < -0.3 is 5.32 Å². The molecule has 0 heterocycles. The molecule has 122 valence electrons. The van der Waals surface area contributed by atoms with Gasteiger partial charge in [-0.05, 0) is 30.7 Å². The van der Waals surface area contributed by atoms with E-state index in [2.05, 4.69) is 21.2 Å². The second kappa shape index (κ2) is 6.65. The number of nitrogens with two attached hydrogens (primary N) is 1. The number of benzene rings is 2. The molecule has 0 fully saturated rings. The van der Waals surface area contributed by atoms with Crippen LogP contribution in [0.2, 0.25) is 0 Å². The molecule has 1 atom stereocenters. The molecule has 0 amide bonds. The van der Waals surface area contributed by atoms with Crippen LogP contribution >= 0.6 is 15.9 Å². The van der Waals surface area contributed by atoms with Crippen LogP contribution in [0.25, 0.3) is 0 Å². The van der Waals surface area contributed by atoms with Crippen LogP contribution in [0.3, 0.4) is 0 Å². The third-order valence-electron chi connectivity index (χ3n) is 3.24. The van der Waals surface area contributed by atoms with Gasteiger partial charge in [0.1, 0.15) is 5.69 Å². The summed E-state index contributed by atoms with van der Waals surface area (Å²) in [7, 11) is -4.00. The summed E-state index contributed by atoms with van der Waals surface area (Å²) in [6, 6.07) is 10.8. The van der Waals surface area contributed by atoms with E-state index in [1.165, 1.54) is 12.1 Å². The van der Waals surface area contributed by atoms with Gasteiger partial charge in [-0.15, -0.1) is 0 Å². The fraction of sp³-hybridized carbons (Fsp3) is 0.143. The average Bonchev–Trinajstić information content (AvgIpc) is 2.46. The van der Waals surface area contributed by atoms with E-state index < -0.39 is 14.9 Å². The van der Waals surface area contributed by atoms with Crippen molar-refractivity contribution >= 4 is 37.3 Å². The van der Waals surface area contributed by atoms with Crippen molar-refractivity contribution in [2.45, 2.75) is 17.9 Å². The normalized spacial score (nSPS) is 12.7. The lowest BCUT2D eigenvalue weighted by atomic mass is 10.1. The van der Waals surface area contributed by atoms with Gasteiger partial charge in [-0.1, -0.05) is 34.1 Å². The Kier molecular flexibility index (Phi) is 5.03. The van der Waals surface area contributed by atoms with Crippen LogP contribution in [0, 0.1) is 10.1 Å². The number of sulfonamides is 1. The van der Waals surface area contributed by atoms with E-state index in [1.54, 1.807) is 0 Å². The molecule has 0 aliphatic carbocycles. The van der Waals surface area contributed by atoms with E-state index in [4.69, 9.17) is 5.14 Å². The lowest BCUT2D eigenvalue weighted by Crippen LogP contribution is -2.13. The van der Waals surface area contributed by atoms with Crippen molar-refractivity contribution in [2.24, 2.45) is 5.14 Å². The Hall–Kier alpha value is -1.97. The highest BCUT2D eigenvalue weighted by atomic mass is 79.9. The van der Waals surface area contributed by atoms with Gasteiger partial charge in [0.2, 0.25) is 10.0 Å². The van der Waals surface area contributed by atoms with Crippen LogP contribution in [0.15, 0.2) is 51.8 Å². The Labute approximate surface area is 141 Å². The largest absolute Gasteiger partial charge is 0.373 e. The molecular weight excluding hydrogens is 386 g/mol. The zero-order chi connectivity index (χ0) is 17.2. The molecule has 0 aliphatic heterocycles. The first-order chi connectivity index (χ1) is 10.7. The fourth-order valence-electron chi connectivity index (χ4n) is 2.10. The molecule has 0 spiro atoms. The minimum Gasteiger partial charge on any atom is -0.373 e. The Balaban J connectivity index is 2.40. The van der Waals surface area contributed by atoms with Gasteiger partial charge in [-0.25, -0.2) is 13.6 Å². The smallest absolute Gasteiger partial charge is 0.293 e. The predicted molar refractivity (Wildman–Crippen MR) is 90.6 cm³/mol. The van der Waals surface area contributed by atoms with E-state index >= 15 is 0 Å². The summed E-state index contributed by atoms with van der Waals surface area (Å²) < 4.78 is 23.5. The molecule has 0 saturated heterocycles. The van der Waals surface area contributed by atoms with E-state index in [-0.39, 0.29) is 22.3 Å². The number of nitrogens with one attached hydrogen (secondary N) is 1. The third-order valence-corrected chi connectivity index (χ3v) is 4.87. The molecule has 0 radical (unpaired) electrons. The van der Waals surface area contributed by atoms with Crippen molar-refractivity contribution < 1.29 is 13.3 Å².